The van der Waals surface area contributed by atoms with Gasteiger partial charge in [-0.2, -0.15) is 0 Å². The molecular formula is C8H8ClN3OS. The molecule has 0 aliphatic rings. The van der Waals surface area contributed by atoms with E-state index in [1.54, 1.807) is 12.3 Å². The molecule has 0 unspecified atom stereocenters. The van der Waals surface area contributed by atoms with Gasteiger partial charge in [0.2, 0.25) is 0 Å². The Morgan fingerprint density at radius 2 is 2.29 bits per heavy atom. The Balaban J connectivity index is 0.000000980. The Hall–Kier alpha value is -1.20. The van der Waals surface area contributed by atoms with Crippen LogP contribution in [0.2, 0.25) is 0 Å². The van der Waals surface area contributed by atoms with Crippen LogP contribution in [-0.4, -0.2) is 15.9 Å². The first-order valence-corrected chi connectivity index (χ1v) is 4.51. The maximum atomic E-state index is 10.8. The second-order valence-corrected chi connectivity index (χ2v) is 3.68. The lowest BCUT2D eigenvalue weighted by Crippen LogP contribution is -2.07. The number of aryl methyl sites for hydroxylation is 1. The van der Waals surface area contributed by atoms with Crippen molar-refractivity contribution >= 4 is 39.9 Å². The zero-order chi connectivity index (χ0) is 9.42. The van der Waals surface area contributed by atoms with Gasteiger partial charge in [-0.05, 0) is 13.0 Å². The van der Waals surface area contributed by atoms with E-state index in [9.17, 15) is 4.79 Å². The van der Waals surface area contributed by atoms with E-state index in [-0.39, 0.29) is 12.4 Å². The van der Waals surface area contributed by atoms with Crippen molar-refractivity contribution in [3.05, 3.63) is 23.0 Å². The predicted octanol–water partition coefficient (Wildman–Crippen LogP) is 1.52. The number of hydrogen-bond acceptors (Lipinski definition) is 4. The molecule has 2 heterocycles. The molecule has 6 heteroatoms. The lowest BCUT2D eigenvalue weighted by Gasteiger charge is -1.88. The van der Waals surface area contributed by atoms with Crippen LogP contribution >= 0.6 is 23.7 Å². The maximum Gasteiger partial charge on any atom is 0.258 e. The topological polar surface area (TPSA) is 68.9 Å². The van der Waals surface area contributed by atoms with Crippen molar-refractivity contribution in [3.8, 4) is 0 Å². The number of fused-ring (bicyclic) bond motifs is 1. The van der Waals surface area contributed by atoms with Crippen LogP contribution in [0.4, 0.5) is 0 Å². The Morgan fingerprint density at radius 3 is 2.93 bits per heavy atom. The summed E-state index contributed by atoms with van der Waals surface area (Å²) in [7, 11) is 0. The highest BCUT2D eigenvalue weighted by Gasteiger charge is 2.07. The van der Waals surface area contributed by atoms with Crippen LogP contribution in [0.15, 0.2) is 12.3 Å². The molecule has 2 aromatic heterocycles. The minimum Gasteiger partial charge on any atom is -0.365 e. The van der Waals surface area contributed by atoms with Gasteiger partial charge in [0.05, 0.1) is 4.88 Å². The van der Waals surface area contributed by atoms with Gasteiger partial charge in [-0.1, -0.05) is 0 Å². The van der Waals surface area contributed by atoms with Crippen LogP contribution in [0.5, 0.6) is 0 Å². The minimum atomic E-state index is -0.416. The minimum absolute atomic E-state index is 0. The second-order valence-electron chi connectivity index (χ2n) is 2.65. The van der Waals surface area contributed by atoms with Crippen LogP contribution < -0.4 is 5.73 Å². The molecule has 2 N–H and O–H groups in total. The number of aromatic nitrogens is 2. The van der Waals surface area contributed by atoms with Gasteiger partial charge in [0, 0.05) is 11.6 Å². The summed E-state index contributed by atoms with van der Waals surface area (Å²) in [5, 5.41) is 0.865. The molecule has 0 aliphatic heterocycles. The molecule has 2 aromatic rings. The Kier molecular flexibility index (Phi) is 3.03. The van der Waals surface area contributed by atoms with E-state index in [0.717, 1.165) is 10.2 Å². The number of rotatable bonds is 1. The summed E-state index contributed by atoms with van der Waals surface area (Å²) in [6.45, 7) is 1.81. The van der Waals surface area contributed by atoms with Crippen molar-refractivity contribution in [1.82, 2.24) is 9.97 Å². The molecular weight excluding hydrogens is 222 g/mol. The normalized spacial score (nSPS) is 9.79. The molecule has 0 radical (unpaired) electrons. The fourth-order valence-electron chi connectivity index (χ4n) is 1.04. The summed E-state index contributed by atoms with van der Waals surface area (Å²) in [6.07, 6.45) is 1.70. The summed E-state index contributed by atoms with van der Waals surface area (Å²) >= 11 is 1.29. The molecule has 0 bridgehead atoms. The molecule has 0 saturated heterocycles. The summed E-state index contributed by atoms with van der Waals surface area (Å²) < 4.78 is 0. The largest absolute Gasteiger partial charge is 0.365 e. The van der Waals surface area contributed by atoms with Crippen LogP contribution in [-0.2, 0) is 0 Å². The highest BCUT2D eigenvalue weighted by atomic mass is 35.5. The fraction of sp³-hybridized carbons (Fsp3) is 0.125. The van der Waals surface area contributed by atoms with Crippen molar-refractivity contribution in [2.75, 3.05) is 0 Å². The number of nitrogens with zero attached hydrogens (tertiary/aromatic N) is 2. The predicted molar refractivity (Wildman–Crippen MR) is 57.9 cm³/mol. The average Bonchev–Trinajstić information content (AvgIpc) is 2.46. The van der Waals surface area contributed by atoms with Gasteiger partial charge in [-0.15, -0.1) is 23.7 Å². The van der Waals surface area contributed by atoms with E-state index in [1.165, 1.54) is 11.3 Å². The highest BCUT2D eigenvalue weighted by Crippen LogP contribution is 2.22. The SMILES string of the molecule is Cc1ncc2cc(C(N)=O)sc2n1.Cl. The van der Waals surface area contributed by atoms with Crippen molar-refractivity contribution in [2.24, 2.45) is 5.73 Å². The first-order valence-electron chi connectivity index (χ1n) is 3.70. The number of amides is 1. The first-order chi connectivity index (χ1) is 6.16. The molecule has 0 aliphatic carbocycles. The van der Waals surface area contributed by atoms with Gasteiger partial charge in [0.1, 0.15) is 10.7 Å². The summed E-state index contributed by atoms with van der Waals surface area (Å²) in [5.74, 6) is 0.283. The Labute approximate surface area is 90.6 Å². The Morgan fingerprint density at radius 1 is 1.57 bits per heavy atom. The maximum absolute atomic E-state index is 10.8. The summed E-state index contributed by atoms with van der Waals surface area (Å²) in [5.41, 5.74) is 5.14. The van der Waals surface area contributed by atoms with Crippen LogP contribution in [0.25, 0.3) is 10.2 Å². The molecule has 1 amide bonds. The van der Waals surface area contributed by atoms with Gasteiger partial charge in [0.15, 0.2) is 0 Å². The van der Waals surface area contributed by atoms with Crippen LogP contribution in [0, 0.1) is 6.92 Å². The number of carbonyl (C=O) groups is 1. The number of thiophene rings is 1. The van der Waals surface area contributed by atoms with Gasteiger partial charge in [-0.3, -0.25) is 4.79 Å². The van der Waals surface area contributed by atoms with E-state index in [1.807, 2.05) is 6.92 Å². The third-order valence-corrected chi connectivity index (χ3v) is 2.70. The third-order valence-electron chi connectivity index (χ3n) is 1.64. The number of halogens is 1. The zero-order valence-corrected chi connectivity index (χ0v) is 8.98. The quantitative estimate of drug-likeness (QED) is 0.806. The zero-order valence-electron chi connectivity index (χ0n) is 7.35. The van der Waals surface area contributed by atoms with Gasteiger partial charge in [0.25, 0.3) is 5.91 Å². The number of primary amides is 1. The standard InChI is InChI=1S/C8H7N3OS.ClH/c1-4-10-3-5-2-6(7(9)12)13-8(5)11-4;/h2-3H,1H3,(H2,9,12);1H. The smallest absolute Gasteiger partial charge is 0.258 e. The van der Waals surface area contributed by atoms with Gasteiger partial charge >= 0.3 is 0 Å². The summed E-state index contributed by atoms with van der Waals surface area (Å²) in [6, 6.07) is 1.71. The Bertz CT molecular complexity index is 482. The average molecular weight is 230 g/mol. The highest BCUT2D eigenvalue weighted by molar-refractivity contribution is 7.20. The molecule has 0 saturated carbocycles. The lowest BCUT2D eigenvalue weighted by atomic mass is 10.3. The molecule has 2 rings (SSSR count). The van der Waals surface area contributed by atoms with E-state index in [2.05, 4.69) is 9.97 Å². The molecule has 0 aromatic carbocycles. The van der Waals surface area contributed by atoms with E-state index in [4.69, 9.17) is 5.73 Å². The fourth-order valence-corrected chi connectivity index (χ4v) is 1.94. The van der Waals surface area contributed by atoms with E-state index in [0.29, 0.717) is 10.7 Å². The lowest BCUT2D eigenvalue weighted by molar-refractivity contribution is 0.100. The third kappa shape index (κ3) is 1.83. The molecule has 0 atom stereocenters. The number of hydrogen-bond donors (Lipinski definition) is 1. The summed E-state index contributed by atoms with van der Waals surface area (Å²) in [4.78, 5) is 20.4. The van der Waals surface area contributed by atoms with Crippen LogP contribution in [0.3, 0.4) is 0 Å². The molecule has 14 heavy (non-hydrogen) atoms. The molecule has 74 valence electrons. The van der Waals surface area contributed by atoms with Crippen molar-refractivity contribution in [2.45, 2.75) is 6.92 Å². The van der Waals surface area contributed by atoms with Crippen LogP contribution in [0.1, 0.15) is 15.5 Å². The molecule has 0 spiro atoms. The monoisotopic (exact) mass is 229 g/mol. The first kappa shape index (κ1) is 10.9. The van der Waals surface area contributed by atoms with Gasteiger partial charge < -0.3 is 5.73 Å². The number of carbonyl (C=O) groups excluding carboxylic acids is 1. The van der Waals surface area contributed by atoms with Crippen molar-refractivity contribution in [3.63, 3.8) is 0 Å². The van der Waals surface area contributed by atoms with Crippen molar-refractivity contribution in [1.29, 1.82) is 0 Å². The van der Waals surface area contributed by atoms with E-state index < -0.39 is 5.91 Å². The number of nitrogens with two attached hydrogens (primary N) is 1. The van der Waals surface area contributed by atoms with Crippen molar-refractivity contribution < 1.29 is 4.79 Å². The second kappa shape index (κ2) is 3.89. The van der Waals surface area contributed by atoms with E-state index >= 15 is 0 Å². The molecule has 4 nitrogen and oxygen atoms in total. The van der Waals surface area contributed by atoms with Gasteiger partial charge in [-0.25, -0.2) is 9.97 Å². The molecule has 0 fully saturated rings.